The van der Waals surface area contributed by atoms with E-state index in [9.17, 15) is 4.79 Å². The van der Waals surface area contributed by atoms with Crippen LogP contribution in [0.2, 0.25) is 0 Å². The van der Waals surface area contributed by atoms with Gasteiger partial charge in [0.15, 0.2) is 0 Å². The van der Waals surface area contributed by atoms with Crippen molar-refractivity contribution in [2.24, 2.45) is 5.73 Å². The fraction of sp³-hybridized carbons (Fsp3) is 0.667. The topological polar surface area (TPSA) is 81.2 Å². The zero-order chi connectivity index (χ0) is 13.1. The Morgan fingerprint density at radius 3 is 2.53 bits per heavy atom. The van der Waals surface area contributed by atoms with Gasteiger partial charge in [-0.1, -0.05) is 19.0 Å². The molecular weight excluding hydrogens is 218 g/mol. The van der Waals surface area contributed by atoms with E-state index in [0.29, 0.717) is 6.54 Å². The molecule has 0 spiro atoms. The molecule has 0 saturated heterocycles. The van der Waals surface area contributed by atoms with Crippen molar-refractivity contribution in [1.82, 2.24) is 10.5 Å². The second kappa shape index (κ2) is 5.31. The molecular formula is C12H21N3O2. The second-order valence-corrected chi connectivity index (χ2v) is 4.64. The number of nitrogens with two attached hydrogens (primary N) is 1. The number of nitrogens with zero attached hydrogens (tertiary/aromatic N) is 1. The SMILES string of the molecule is CCc1noc(CC)c1CNC(=O)C(C)(C)N. The number of aromatic nitrogens is 1. The highest BCUT2D eigenvalue weighted by molar-refractivity contribution is 5.85. The fourth-order valence-electron chi connectivity index (χ4n) is 1.53. The van der Waals surface area contributed by atoms with Crippen LogP contribution in [-0.4, -0.2) is 16.6 Å². The van der Waals surface area contributed by atoms with Crippen molar-refractivity contribution in [1.29, 1.82) is 0 Å². The van der Waals surface area contributed by atoms with Gasteiger partial charge in [-0.3, -0.25) is 4.79 Å². The minimum Gasteiger partial charge on any atom is -0.361 e. The summed E-state index contributed by atoms with van der Waals surface area (Å²) in [5.41, 5.74) is 6.72. The maximum atomic E-state index is 11.7. The molecule has 0 aliphatic heterocycles. The Labute approximate surface area is 102 Å². The van der Waals surface area contributed by atoms with E-state index in [2.05, 4.69) is 10.5 Å². The first-order valence-electron chi connectivity index (χ1n) is 5.93. The summed E-state index contributed by atoms with van der Waals surface area (Å²) >= 11 is 0. The van der Waals surface area contributed by atoms with E-state index in [0.717, 1.165) is 29.9 Å². The predicted octanol–water partition coefficient (Wildman–Crippen LogP) is 1.15. The van der Waals surface area contributed by atoms with Crippen molar-refractivity contribution in [2.75, 3.05) is 0 Å². The van der Waals surface area contributed by atoms with Gasteiger partial charge in [0.05, 0.1) is 11.2 Å². The largest absolute Gasteiger partial charge is 0.361 e. The van der Waals surface area contributed by atoms with Crippen molar-refractivity contribution in [2.45, 2.75) is 52.6 Å². The van der Waals surface area contributed by atoms with Crippen LogP contribution >= 0.6 is 0 Å². The van der Waals surface area contributed by atoms with E-state index in [1.807, 2.05) is 13.8 Å². The molecule has 0 aliphatic rings. The quantitative estimate of drug-likeness (QED) is 0.807. The molecule has 1 amide bonds. The lowest BCUT2D eigenvalue weighted by atomic mass is 10.1. The highest BCUT2D eigenvalue weighted by Gasteiger charge is 2.22. The number of carbonyl (C=O) groups is 1. The molecule has 0 unspecified atom stereocenters. The van der Waals surface area contributed by atoms with E-state index in [-0.39, 0.29) is 5.91 Å². The third-order valence-corrected chi connectivity index (χ3v) is 2.62. The number of hydrogen-bond donors (Lipinski definition) is 2. The van der Waals surface area contributed by atoms with E-state index < -0.39 is 5.54 Å². The van der Waals surface area contributed by atoms with Gasteiger partial charge in [-0.05, 0) is 20.3 Å². The molecule has 96 valence electrons. The normalized spacial score (nSPS) is 11.6. The Morgan fingerprint density at radius 2 is 2.06 bits per heavy atom. The standard InChI is InChI=1S/C12H21N3O2/c1-5-9-8(10(6-2)17-15-9)7-14-11(16)12(3,4)13/h5-7,13H2,1-4H3,(H,14,16). The van der Waals surface area contributed by atoms with Crippen LogP contribution in [0.5, 0.6) is 0 Å². The van der Waals surface area contributed by atoms with Gasteiger partial charge in [-0.25, -0.2) is 0 Å². The molecule has 0 aromatic carbocycles. The molecule has 1 rings (SSSR count). The molecule has 0 fully saturated rings. The molecule has 1 aromatic heterocycles. The molecule has 0 radical (unpaired) electrons. The first-order chi connectivity index (χ1) is 7.90. The van der Waals surface area contributed by atoms with Crippen LogP contribution in [0.4, 0.5) is 0 Å². The summed E-state index contributed by atoms with van der Waals surface area (Å²) < 4.78 is 5.22. The Kier molecular flexibility index (Phi) is 4.28. The Hall–Kier alpha value is -1.36. The van der Waals surface area contributed by atoms with Crippen LogP contribution in [0, 0.1) is 0 Å². The molecule has 0 atom stereocenters. The van der Waals surface area contributed by atoms with E-state index >= 15 is 0 Å². The molecule has 0 bridgehead atoms. The molecule has 17 heavy (non-hydrogen) atoms. The van der Waals surface area contributed by atoms with Crippen LogP contribution in [0.25, 0.3) is 0 Å². The van der Waals surface area contributed by atoms with E-state index in [1.165, 1.54) is 0 Å². The van der Waals surface area contributed by atoms with Gasteiger partial charge in [0.1, 0.15) is 5.76 Å². The zero-order valence-corrected chi connectivity index (χ0v) is 11.0. The summed E-state index contributed by atoms with van der Waals surface area (Å²) in [6.45, 7) is 7.79. The van der Waals surface area contributed by atoms with E-state index in [4.69, 9.17) is 10.3 Å². The lowest BCUT2D eigenvalue weighted by Crippen LogP contribution is -2.48. The summed E-state index contributed by atoms with van der Waals surface area (Å²) in [7, 11) is 0. The predicted molar refractivity (Wildman–Crippen MR) is 65.4 cm³/mol. The van der Waals surface area contributed by atoms with Gasteiger partial charge in [0.2, 0.25) is 5.91 Å². The van der Waals surface area contributed by atoms with Gasteiger partial charge in [-0.2, -0.15) is 0 Å². The fourth-order valence-corrected chi connectivity index (χ4v) is 1.53. The van der Waals surface area contributed by atoms with Crippen LogP contribution in [0.3, 0.4) is 0 Å². The molecule has 5 heteroatoms. The van der Waals surface area contributed by atoms with E-state index in [1.54, 1.807) is 13.8 Å². The van der Waals surface area contributed by atoms with Crippen LogP contribution in [0.15, 0.2) is 4.52 Å². The van der Waals surface area contributed by atoms with Crippen molar-refractivity contribution < 1.29 is 9.32 Å². The first kappa shape index (κ1) is 13.7. The van der Waals surface area contributed by atoms with Crippen molar-refractivity contribution in [3.8, 4) is 0 Å². The summed E-state index contributed by atoms with van der Waals surface area (Å²) in [6.07, 6.45) is 1.56. The highest BCUT2D eigenvalue weighted by atomic mass is 16.5. The van der Waals surface area contributed by atoms with Crippen LogP contribution in [0.1, 0.15) is 44.7 Å². The highest BCUT2D eigenvalue weighted by Crippen LogP contribution is 2.15. The van der Waals surface area contributed by atoms with Crippen molar-refractivity contribution >= 4 is 5.91 Å². The van der Waals surface area contributed by atoms with Crippen molar-refractivity contribution in [3.63, 3.8) is 0 Å². The molecule has 1 aromatic rings. The van der Waals surface area contributed by atoms with Gasteiger partial charge in [0.25, 0.3) is 0 Å². The number of amides is 1. The second-order valence-electron chi connectivity index (χ2n) is 4.64. The van der Waals surface area contributed by atoms with Crippen molar-refractivity contribution in [3.05, 3.63) is 17.0 Å². The third-order valence-electron chi connectivity index (χ3n) is 2.62. The van der Waals surface area contributed by atoms with Gasteiger partial charge < -0.3 is 15.6 Å². The summed E-state index contributed by atoms with van der Waals surface area (Å²) in [4.78, 5) is 11.7. The number of nitrogens with one attached hydrogen (secondary N) is 1. The van der Waals surface area contributed by atoms with Gasteiger partial charge in [-0.15, -0.1) is 0 Å². The summed E-state index contributed by atoms with van der Waals surface area (Å²) in [5.74, 6) is 0.653. The smallest absolute Gasteiger partial charge is 0.239 e. The lowest BCUT2D eigenvalue weighted by molar-refractivity contribution is -0.125. The first-order valence-corrected chi connectivity index (χ1v) is 5.93. The lowest BCUT2D eigenvalue weighted by Gasteiger charge is -2.17. The molecule has 3 N–H and O–H groups in total. The molecule has 0 aliphatic carbocycles. The number of carbonyl (C=O) groups excluding carboxylic acids is 1. The number of aryl methyl sites for hydroxylation is 2. The Bertz CT molecular complexity index is 369. The summed E-state index contributed by atoms with van der Waals surface area (Å²) in [5, 5.41) is 6.80. The maximum absolute atomic E-state index is 11.7. The number of rotatable bonds is 5. The van der Waals surface area contributed by atoms with Crippen LogP contribution in [-0.2, 0) is 24.2 Å². The maximum Gasteiger partial charge on any atom is 0.239 e. The zero-order valence-electron chi connectivity index (χ0n) is 11.0. The average molecular weight is 239 g/mol. The minimum absolute atomic E-state index is 0.178. The Morgan fingerprint density at radius 1 is 1.41 bits per heavy atom. The molecule has 5 nitrogen and oxygen atoms in total. The third kappa shape index (κ3) is 3.30. The van der Waals surface area contributed by atoms with Crippen LogP contribution < -0.4 is 11.1 Å². The summed E-state index contributed by atoms with van der Waals surface area (Å²) in [6, 6.07) is 0. The van der Waals surface area contributed by atoms with Gasteiger partial charge in [0, 0.05) is 18.5 Å². The number of hydrogen-bond acceptors (Lipinski definition) is 4. The Balaban J connectivity index is 2.75. The minimum atomic E-state index is -0.865. The molecule has 0 saturated carbocycles. The average Bonchev–Trinajstić information content (AvgIpc) is 2.66. The monoisotopic (exact) mass is 239 g/mol. The van der Waals surface area contributed by atoms with Gasteiger partial charge >= 0.3 is 0 Å². The molecule has 1 heterocycles.